The van der Waals surface area contributed by atoms with Crippen molar-refractivity contribution in [2.45, 2.75) is 12.5 Å². The van der Waals surface area contributed by atoms with Gasteiger partial charge in [0.25, 0.3) is 5.91 Å². The van der Waals surface area contributed by atoms with Crippen LogP contribution < -0.4 is 20.9 Å². The molecule has 4 N–H and O–H groups in total. The van der Waals surface area contributed by atoms with Crippen molar-refractivity contribution in [3.63, 3.8) is 0 Å². The number of hydrogen-bond donors (Lipinski definition) is 4. The molecule has 1 heterocycles. The minimum atomic E-state index is -1.16. The second-order valence-electron chi connectivity index (χ2n) is 5.97. The molecule has 2 amide bonds. The van der Waals surface area contributed by atoms with Crippen molar-refractivity contribution in [1.82, 2.24) is 16.0 Å². The number of benzene rings is 1. The maximum Gasteiger partial charge on any atom is 0.306 e. The highest BCUT2D eigenvalue weighted by molar-refractivity contribution is 5.97. The van der Waals surface area contributed by atoms with Crippen LogP contribution in [0.25, 0.3) is 0 Å². The normalized spacial score (nSPS) is 14.7. The predicted octanol–water partition coefficient (Wildman–Crippen LogP) is -0.442. The van der Waals surface area contributed by atoms with Crippen molar-refractivity contribution in [2.75, 3.05) is 37.6 Å². The minimum Gasteiger partial charge on any atom is -0.481 e. The van der Waals surface area contributed by atoms with E-state index in [-0.39, 0.29) is 5.56 Å². The van der Waals surface area contributed by atoms with Gasteiger partial charge in [0.05, 0.1) is 18.5 Å². The number of hydrogen-bond acceptors (Lipinski definition) is 5. The fourth-order valence-electron chi connectivity index (χ4n) is 2.63. The molecule has 1 atom stereocenters. The number of carbonyl (C=O) groups excluding carboxylic acids is 2. The molecule has 0 bridgehead atoms. The lowest BCUT2D eigenvalue weighted by Gasteiger charge is -2.29. The second-order valence-corrected chi connectivity index (χ2v) is 5.97. The number of terminal acetylenes is 1. The van der Waals surface area contributed by atoms with E-state index in [1.165, 1.54) is 12.1 Å². The largest absolute Gasteiger partial charge is 0.481 e. The number of nitrogens with zero attached hydrogens (tertiary/aromatic N) is 1. The third kappa shape index (κ3) is 5.97. The average molecular weight is 376 g/mol. The SMILES string of the molecule is C#C[C@H](CC(=O)O)NC(=O)CNC(=O)c1cc(N2CCNCC2)ccc1F. The van der Waals surface area contributed by atoms with Gasteiger partial charge >= 0.3 is 5.97 Å². The van der Waals surface area contributed by atoms with Crippen molar-refractivity contribution in [1.29, 1.82) is 0 Å². The highest BCUT2D eigenvalue weighted by Crippen LogP contribution is 2.19. The lowest BCUT2D eigenvalue weighted by atomic mass is 10.1. The van der Waals surface area contributed by atoms with Crippen LogP contribution in [0.1, 0.15) is 16.8 Å². The standard InChI is InChI=1S/C18H21FN4O4/c1-2-12(9-17(25)26)22-16(24)11-21-18(27)14-10-13(3-4-15(14)19)23-7-5-20-6-8-23/h1,3-4,10,12,20H,5-9,11H2,(H,21,27)(H,22,24)(H,25,26)/t12-/m1/s1. The summed E-state index contributed by atoms with van der Waals surface area (Å²) in [5, 5.41) is 16.5. The Hall–Kier alpha value is -3.12. The number of carboxylic acid groups (broad SMARTS) is 1. The van der Waals surface area contributed by atoms with Crippen LogP contribution in [-0.2, 0) is 9.59 Å². The number of carbonyl (C=O) groups is 3. The molecular weight excluding hydrogens is 355 g/mol. The summed E-state index contributed by atoms with van der Waals surface area (Å²) in [5.41, 5.74) is 0.555. The second kappa shape index (κ2) is 9.54. The van der Waals surface area contributed by atoms with Gasteiger partial charge in [0.1, 0.15) is 11.9 Å². The minimum absolute atomic E-state index is 0.169. The smallest absolute Gasteiger partial charge is 0.306 e. The molecule has 1 aliphatic heterocycles. The van der Waals surface area contributed by atoms with Crippen LogP contribution in [0, 0.1) is 18.2 Å². The highest BCUT2D eigenvalue weighted by atomic mass is 19.1. The molecule has 9 heteroatoms. The molecule has 0 radical (unpaired) electrons. The van der Waals surface area contributed by atoms with E-state index in [0.29, 0.717) is 0 Å². The van der Waals surface area contributed by atoms with Gasteiger partial charge in [-0.05, 0) is 18.2 Å². The molecule has 0 spiro atoms. The van der Waals surface area contributed by atoms with Crippen molar-refractivity contribution in [3.05, 3.63) is 29.6 Å². The van der Waals surface area contributed by atoms with Crippen molar-refractivity contribution in [3.8, 4) is 12.3 Å². The van der Waals surface area contributed by atoms with Gasteiger partial charge < -0.3 is 26.0 Å². The van der Waals surface area contributed by atoms with E-state index in [2.05, 4.69) is 21.9 Å². The van der Waals surface area contributed by atoms with Gasteiger partial charge in [-0.2, -0.15) is 0 Å². The summed E-state index contributed by atoms with van der Waals surface area (Å²) in [4.78, 5) is 36.7. The maximum absolute atomic E-state index is 14.0. The number of piperazine rings is 1. The van der Waals surface area contributed by atoms with Gasteiger partial charge in [-0.3, -0.25) is 14.4 Å². The summed E-state index contributed by atoms with van der Waals surface area (Å²) in [6, 6.07) is 3.28. The number of carboxylic acids is 1. The summed E-state index contributed by atoms with van der Waals surface area (Å²) in [7, 11) is 0. The van der Waals surface area contributed by atoms with Gasteiger partial charge in [0, 0.05) is 31.9 Å². The molecule has 27 heavy (non-hydrogen) atoms. The van der Waals surface area contributed by atoms with Crippen LogP contribution in [0.3, 0.4) is 0 Å². The van der Waals surface area contributed by atoms with Crippen molar-refractivity contribution >= 4 is 23.5 Å². The first kappa shape index (κ1) is 20.2. The van der Waals surface area contributed by atoms with Crippen LogP contribution in [-0.4, -0.2) is 61.7 Å². The molecule has 1 saturated heterocycles. The Kier molecular flexibility index (Phi) is 7.14. The molecule has 0 saturated carbocycles. The molecule has 8 nitrogen and oxygen atoms in total. The summed E-state index contributed by atoms with van der Waals surface area (Å²) in [6.07, 6.45) is 4.72. The van der Waals surface area contributed by atoms with Crippen molar-refractivity contribution < 1.29 is 23.9 Å². The fraction of sp³-hybridized carbons (Fsp3) is 0.389. The molecule has 1 aromatic rings. The van der Waals surface area contributed by atoms with Gasteiger partial charge in [0.2, 0.25) is 5.91 Å². The Morgan fingerprint density at radius 1 is 1.33 bits per heavy atom. The Labute approximate surface area is 156 Å². The van der Waals surface area contributed by atoms with Crippen LogP contribution in [0.4, 0.5) is 10.1 Å². The van der Waals surface area contributed by atoms with Crippen LogP contribution >= 0.6 is 0 Å². The van der Waals surface area contributed by atoms with Crippen LogP contribution in [0.5, 0.6) is 0 Å². The first-order valence-corrected chi connectivity index (χ1v) is 8.41. The molecule has 0 unspecified atom stereocenters. The number of amides is 2. The lowest BCUT2D eigenvalue weighted by Crippen LogP contribution is -2.44. The number of anilines is 1. The zero-order valence-electron chi connectivity index (χ0n) is 14.6. The molecule has 1 aliphatic rings. The van der Waals surface area contributed by atoms with Gasteiger partial charge in [-0.1, -0.05) is 5.92 Å². The van der Waals surface area contributed by atoms with Crippen LogP contribution in [0.15, 0.2) is 18.2 Å². The van der Waals surface area contributed by atoms with Crippen molar-refractivity contribution in [2.24, 2.45) is 0 Å². The summed E-state index contributed by atoms with van der Waals surface area (Å²) in [6.45, 7) is 2.63. The predicted molar refractivity (Wildman–Crippen MR) is 96.8 cm³/mol. The number of rotatable bonds is 7. The third-order valence-corrected chi connectivity index (χ3v) is 4.00. The Morgan fingerprint density at radius 3 is 2.67 bits per heavy atom. The van der Waals surface area contributed by atoms with E-state index in [9.17, 15) is 18.8 Å². The fourth-order valence-corrected chi connectivity index (χ4v) is 2.63. The summed E-state index contributed by atoms with van der Waals surface area (Å²) in [5.74, 6) is -1.11. The van der Waals surface area contributed by atoms with E-state index < -0.39 is 42.6 Å². The van der Waals surface area contributed by atoms with E-state index in [1.807, 2.05) is 4.90 Å². The van der Waals surface area contributed by atoms with Gasteiger partial charge in [-0.25, -0.2) is 4.39 Å². The zero-order valence-corrected chi connectivity index (χ0v) is 14.6. The van der Waals surface area contributed by atoms with E-state index in [0.717, 1.165) is 31.9 Å². The quantitative estimate of drug-likeness (QED) is 0.480. The molecule has 2 rings (SSSR count). The molecule has 0 aliphatic carbocycles. The molecule has 1 fully saturated rings. The maximum atomic E-state index is 14.0. The molecular formula is C18H21FN4O4. The monoisotopic (exact) mass is 376 g/mol. The topological polar surface area (TPSA) is 111 Å². The van der Waals surface area contributed by atoms with Gasteiger partial charge in [0.15, 0.2) is 0 Å². The first-order chi connectivity index (χ1) is 12.9. The van der Waals surface area contributed by atoms with E-state index in [1.54, 1.807) is 6.07 Å². The molecule has 144 valence electrons. The van der Waals surface area contributed by atoms with E-state index >= 15 is 0 Å². The average Bonchev–Trinajstić information content (AvgIpc) is 2.66. The third-order valence-electron chi connectivity index (χ3n) is 4.00. The molecule has 0 aromatic heterocycles. The Balaban J connectivity index is 1.96. The van der Waals surface area contributed by atoms with Gasteiger partial charge in [-0.15, -0.1) is 6.42 Å². The number of halogens is 1. The number of aliphatic carboxylic acids is 1. The van der Waals surface area contributed by atoms with E-state index in [4.69, 9.17) is 11.5 Å². The Morgan fingerprint density at radius 2 is 2.04 bits per heavy atom. The first-order valence-electron chi connectivity index (χ1n) is 8.41. The Bertz CT molecular complexity index is 756. The van der Waals surface area contributed by atoms with Crippen LogP contribution in [0.2, 0.25) is 0 Å². The lowest BCUT2D eigenvalue weighted by molar-refractivity contribution is -0.137. The zero-order chi connectivity index (χ0) is 19.8. The summed E-state index contributed by atoms with van der Waals surface area (Å²) >= 11 is 0. The summed E-state index contributed by atoms with van der Waals surface area (Å²) < 4.78 is 14.0. The number of nitrogens with one attached hydrogen (secondary N) is 3. The molecule has 1 aromatic carbocycles. The highest BCUT2D eigenvalue weighted by Gasteiger charge is 2.18.